The van der Waals surface area contributed by atoms with E-state index in [2.05, 4.69) is 43.4 Å². The van der Waals surface area contributed by atoms with Crippen LogP contribution in [0, 0.1) is 0 Å². The Balaban J connectivity index is 3.35. The fraction of sp³-hybridized carbons (Fsp3) is 1.00. The first-order chi connectivity index (χ1) is 3.72. The molecule has 1 atom stereocenters. The molecule has 0 aromatic heterocycles. The molecule has 44 valence electrons. The van der Waals surface area contributed by atoms with Crippen molar-refractivity contribution >= 4 is 17.7 Å². The molecule has 0 spiro atoms. The van der Waals surface area contributed by atoms with Gasteiger partial charge in [-0.1, -0.05) is 0 Å². The number of nitrogens with zero attached hydrogens (tertiary/aromatic N) is 1. The van der Waals surface area contributed by atoms with Crippen LogP contribution in [0.4, 0.5) is 0 Å². The predicted octanol–water partition coefficient (Wildman–Crippen LogP) is 0.843. The van der Waals surface area contributed by atoms with Crippen molar-refractivity contribution in [1.29, 1.82) is 0 Å². The minimum absolute atomic E-state index is 0.713. The SMILES string of the molecule is [Li][CH](C)N(CC)CC. The molecule has 0 fully saturated rings. The van der Waals surface area contributed by atoms with Crippen molar-refractivity contribution in [3.8, 4) is 0 Å². The average molecular weight is 107 g/mol. The van der Waals surface area contributed by atoms with Crippen LogP contribution in [0.5, 0.6) is 0 Å². The molecule has 0 saturated heterocycles. The molecule has 0 N–H and O–H groups in total. The molecule has 0 aromatic rings. The zero-order valence-electron chi connectivity index (χ0n) is 6.44. The molecule has 1 unspecified atom stereocenters. The van der Waals surface area contributed by atoms with Gasteiger partial charge in [0.1, 0.15) is 0 Å². The van der Waals surface area contributed by atoms with E-state index in [1.54, 1.807) is 0 Å². The van der Waals surface area contributed by atoms with Crippen LogP contribution in [0.25, 0.3) is 0 Å². The Morgan fingerprint density at radius 2 is 1.75 bits per heavy atom. The van der Waals surface area contributed by atoms with Gasteiger partial charge < -0.3 is 0 Å². The van der Waals surface area contributed by atoms with Crippen LogP contribution in [-0.2, 0) is 0 Å². The van der Waals surface area contributed by atoms with E-state index in [1.807, 2.05) is 0 Å². The molecule has 0 rings (SSSR count). The first kappa shape index (κ1) is 8.56. The van der Waals surface area contributed by atoms with Gasteiger partial charge in [0, 0.05) is 0 Å². The Kier molecular flexibility index (Phi) is 4.75. The summed E-state index contributed by atoms with van der Waals surface area (Å²) in [5.41, 5.74) is 0. The van der Waals surface area contributed by atoms with Gasteiger partial charge in [-0.15, -0.1) is 0 Å². The maximum atomic E-state index is 2.42. The molecular formula is C6H14LiN. The van der Waals surface area contributed by atoms with E-state index in [-0.39, 0.29) is 0 Å². The molecule has 0 aliphatic rings. The van der Waals surface area contributed by atoms with Crippen LogP contribution in [0.1, 0.15) is 20.8 Å². The van der Waals surface area contributed by atoms with Crippen molar-refractivity contribution in [3.05, 3.63) is 0 Å². The Morgan fingerprint density at radius 3 is 1.75 bits per heavy atom. The third kappa shape index (κ3) is 2.77. The van der Waals surface area contributed by atoms with Gasteiger partial charge >= 0.3 is 61.2 Å². The Hall–Kier alpha value is 0.557. The molecule has 8 heavy (non-hydrogen) atoms. The first-order valence-corrected chi connectivity index (χ1v) is 3.46. The molecule has 0 radical (unpaired) electrons. The number of rotatable bonds is 3. The molecule has 2 heteroatoms. The summed E-state index contributed by atoms with van der Waals surface area (Å²) in [4.78, 5) is 2.42. The van der Waals surface area contributed by atoms with Crippen molar-refractivity contribution in [3.63, 3.8) is 0 Å². The normalized spacial score (nSPS) is 14.8. The van der Waals surface area contributed by atoms with Crippen LogP contribution in [0.3, 0.4) is 0 Å². The Labute approximate surface area is 61.6 Å². The van der Waals surface area contributed by atoms with Gasteiger partial charge in [0.25, 0.3) is 0 Å². The summed E-state index contributed by atoms with van der Waals surface area (Å²) in [7, 11) is 0. The van der Waals surface area contributed by atoms with Crippen molar-refractivity contribution in [2.24, 2.45) is 0 Å². The third-order valence-corrected chi connectivity index (χ3v) is 1.54. The molecule has 0 bridgehead atoms. The van der Waals surface area contributed by atoms with E-state index in [0.29, 0.717) is 4.71 Å². The van der Waals surface area contributed by atoms with Gasteiger partial charge in [-0.2, -0.15) is 0 Å². The Bertz CT molecular complexity index is 50.5. The standard InChI is InChI=1S/C6H14N.Li/c1-4-7(5-2)6-3;/h4H,5-6H2,1-3H3;. The number of hydrogen-bond acceptors (Lipinski definition) is 1. The zero-order valence-corrected chi connectivity index (χ0v) is 6.44. The monoisotopic (exact) mass is 107 g/mol. The van der Waals surface area contributed by atoms with E-state index in [1.165, 1.54) is 13.1 Å². The fourth-order valence-electron chi connectivity index (χ4n) is 0.954. The van der Waals surface area contributed by atoms with Gasteiger partial charge in [-0.3, -0.25) is 0 Å². The topological polar surface area (TPSA) is 3.24 Å². The zero-order chi connectivity index (χ0) is 6.57. The van der Waals surface area contributed by atoms with E-state index >= 15 is 0 Å². The van der Waals surface area contributed by atoms with Crippen molar-refractivity contribution < 1.29 is 0 Å². The van der Waals surface area contributed by atoms with Crippen LogP contribution in [0.2, 0.25) is 0 Å². The molecular weight excluding hydrogens is 93.0 g/mol. The minimum atomic E-state index is 0.713. The van der Waals surface area contributed by atoms with Gasteiger partial charge in [0.15, 0.2) is 0 Å². The van der Waals surface area contributed by atoms with E-state index in [0.717, 1.165) is 0 Å². The van der Waals surface area contributed by atoms with Gasteiger partial charge in [-0.05, 0) is 0 Å². The summed E-state index contributed by atoms with van der Waals surface area (Å²) in [6, 6.07) is 0. The molecule has 0 heterocycles. The molecule has 0 amide bonds. The summed E-state index contributed by atoms with van der Waals surface area (Å²) < 4.78 is 0.713. The van der Waals surface area contributed by atoms with Crippen molar-refractivity contribution in [2.75, 3.05) is 13.1 Å². The predicted molar refractivity (Wildman–Crippen MR) is 38.1 cm³/mol. The van der Waals surface area contributed by atoms with Crippen LogP contribution < -0.4 is 0 Å². The van der Waals surface area contributed by atoms with Gasteiger partial charge in [0.2, 0.25) is 0 Å². The summed E-state index contributed by atoms with van der Waals surface area (Å²) >= 11 is 2.23. The molecule has 1 nitrogen and oxygen atoms in total. The van der Waals surface area contributed by atoms with Crippen molar-refractivity contribution in [2.45, 2.75) is 25.5 Å². The second-order valence-electron chi connectivity index (χ2n) is 2.31. The maximum absolute atomic E-state index is 2.42. The second-order valence-corrected chi connectivity index (χ2v) is 2.31. The summed E-state index contributed by atoms with van der Waals surface area (Å²) in [6.45, 7) is 8.97. The van der Waals surface area contributed by atoms with E-state index in [4.69, 9.17) is 0 Å². The summed E-state index contributed by atoms with van der Waals surface area (Å²) in [5, 5.41) is 0. The second kappa shape index (κ2) is 4.44. The van der Waals surface area contributed by atoms with Crippen LogP contribution >= 0.6 is 0 Å². The van der Waals surface area contributed by atoms with Crippen LogP contribution in [0.15, 0.2) is 0 Å². The molecule has 0 aliphatic heterocycles. The molecule has 0 saturated carbocycles. The molecule has 0 aromatic carbocycles. The molecule has 0 aliphatic carbocycles. The summed E-state index contributed by atoms with van der Waals surface area (Å²) in [6.07, 6.45) is 0. The van der Waals surface area contributed by atoms with E-state index in [9.17, 15) is 0 Å². The first-order valence-electron chi connectivity index (χ1n) is 3.46. The fourth-order valence-corrected chi connectivity index (χ4v) is 0.954. The quantitative estimate of drug-likeness (QED) is 0.483. The summed E-state index contributed by atoms with van der Waals surface area (Å²) in [5.74, 6) is 0. The average Bonchev–Trinajstić information content (AvgIpc) is 1.69. The van der Waals surface area contributed by atoms with Crippen molar-refractivity contribution in [1.82, 2.24) is 4.90 Å². The van der Waals surface area contributed by atoms with Gasteiger partial charge in [-0.25, -0.2) is 0 Å². The van der Waals surface area contributed by atoms with Gasteiger partial charge in [0.05, 0.1) is 0 Å². The van der Waals surface area contributed by atoms with E-state index < -0.39 is 0 Å². The number of hydrogen-bond donors (Lipinski definition) is 0. The third-order valence-electron chi connectivity index (χ3n) is 1.54. The Morgan fingerprint density at radius 1 is 1.38 bits per heavy atom. The van der Waals surface area contributed by atoms with Crippen LogP contribution in [-0.4, -0.2) is 40.4 Å².